The van der Waals surface area contributed by atoms with Gasteiger partial charge in [0.2, 0.25) is 0 Å². The molecule has 2 unspecified atom stereocenters. The van der Waals surface area contributed by atoms with Crippen molar-refractivity contribution in [1.29, 1.82) is 0 Å². The summed E-state index contributed by atoms with van der Waals surface area (Å²) in [5, 5.41) is 21.4. The van der Waals surface area contributed by atoms with Gasteiger partial charge in [-0.1, -0.05) is 66.7 Å². The highest BCUT2D eigenvalue weighted by molar-refractivity contribution is 5.60. The summed E-state index contributed by atoms with van der Waals surface area (Å²) in [6, 6.07) is 23.7. The Balaban J connectivity index is 2.49. The average Bonchev–Trinajstić information content (AvgIpc) is 2.80. The highest BCUT2D eigenvalue weighted by Gasteiger charge is 2.48. The quantitative estimate of drug-likeness (QED) is 0.513. The van der Waals surface area contributed by atoms with Crippen molar-refractivity contribution < 1.29 is 19.7 Å². The van der Waals surface area contributed by atoms with Gasteiger partial charge in [-0.3, -0.25) is 0 Å². The molecule has 0 bridgehead atoms. The minimum Gasteiger partial charge on any atom is -0.496 e. The summed E-state index contributed by atoms with van der Waals surface area (Å²) >= 11 is 0. The molecule has 4 N–H and O–H groups in total. The van der Waals surface area contributed by atoms with Gasteiger partial charge in [0.1, 0.15) is 11.5 Å². The van der Waals surface area contributed by atoms with E-state index in [0.29, 0.717) is 11.5 Å². The molecular formula is C24H27NO4. The fourth-order valence-electron chi connectivity index (χ4n) is 4.01. The third kappa shape index (κ3) is 3.60. The Labute approximate surface area is 171 Å². The summed E-state index contributed by atoms with van der Waals surface area (Å²) in [6.07, 6.45) is -1.16. The molecular weight excluding hydrogens is 366 g/mol. The van der Waals surface area contributed by atoms with Crippen LogP contribution in [-0.4, -0.2) is 43.2 Å². The third-order valence-corrected chi connectivity index (χ3v) is 5.35. The zero-order chi connectivity index (χ0) is 20.9. The van der Waals surface area contributed by atoms with Gasteiger partial charge in [0.25, 0.3) is 0 Å². The summed E-state index contributed by atoms with van der Waals surface area (Å²) in [4.78, 5) is 0. The van der Waals surface area contributed by atoms with Gasteiger partial charge in [0.05, 0.1) is 38.4 Å². The SMILES string of the molecule is COc1ccccc1C(c1ccccc1)(c1ccccc1OC)C(O)C(N)CO. The maximum atomic E-state index is 11.6. The summed E-state index contributed by atoms with van der Waals surface area (Å²) in [5.74, 6) is 1.21. The molecule has 3 aromatic rings. The van der Waals surface area contributed by atoms with E-state index in [1.165, 1.54) is 0 Å². The molecule has 0 fully saturated rings. The van der Waals surface area contributed by atoms with Crippen molar-refractivity contribution >= 4 is 0 Å². The molecule has 0 aliphatic rings. The predicted molar refractivity (Wildman–Crippen MR) is 113 cm³/mol. The molecule has 0 spiro atoms. The van der Waals surface area contributed by atoms with Gasteiger partial charge in [-0.25, -0.2) is 0 Å². The Hall–Kier alpha value is -2.86. The number of ether oxygens (including phenoxy) is 2. The van der Waals surface area contributed by atoms with Crippen LogP contribution in [0.15, 0.2) is 78.9 Å². The lowest BCUT2D eigenvalue weighted by Gasteiger charge is -2.43. The van der Waals surface area contributed by atoms with Gasteiger partial charge in [-0.05, 0) is 17.7 Å². The lowest BCUT2D eigenvalue weighted by atomic mass is 9.63. The largest absolute Gasteiger partial charge is 0.496 e. The van der Waals surface area contributed by atoms with Crippen LogP contribution < -0.4 is 15.2 Å². The Bertz CT molecular complexity index is 881. The number of benzene rings is 3. The minimum atomic E-state index is -1.16. The van der Waals surface area contributed by atoms with E-state index in [0.717, 1.165) is 16.7 Å². The molecule has 0 aliphatic carbocycles. The van der Waals surface area contributed by atoms with Crippen LogP contribution in [0.1, 0.15) is 16.7 Å². The van der Waals surface area contributed by atoms with E-state index in [-0.39, 0.29) is 6.61 Å². The number of aliphatic hydroxyl groups is 2. The standard InChI is InChI=1S/C24H27NO4/c1-28-21-14-8-6-12-18(21)24(23(27)20(25)16-26,17-10-4-3-5-11-17)19-13-7-9-15-22(19)29-2/h3-15,20,23,26-27H,16,25H2,1-2H3. The van der Waals surface area contributed by atoms with Gasteiger partial charge in [-0.15, -0.1) is 0 Å². The number of para-hydroxylation sites is 2. The van der Waals surface area contributed by atoms with E-state index in [1.807, 2.05) is 78.9 Å². The zero-order valence-electron chi connectivity index (χ0n) is 16.7. The first-order chi connectivity index (χ1) is 14.1. The van der Waals surface area contributed by atoms with Crippen LogP contribution in [0.3, 0.4) is 0 Å². The van der Waals surface area contributed by atoms with E-state index in [4.69, 9.17) is 15.2 Å². The lowest BCUT2D eigenvalue weighted by molar-refractivity contribution is 0.0668. The van der Waals surface area contributed by atoms with E-state index >= 15 is 0 Å². The monoisotopic (exact) mass is 393 g/mol. The first-order valence-corrected chi connectivity index (χ1v) is 9.48. The molecule has 0 amide bonds. The van der Waals surface area contributed by atoms with E-state index < -0.39 is 17.6 Å². The number of hydrogen-bond donors (Lipinski definition) is 3. The molecule has 0 aliphatic heterocycles. The lowest BCUT2D eigenvalue weighted by Crippen LogP contribution is -2.53. The summed E-state index contributed by atoms with van der Waals surface area (Å²) < 4.78 is 11.4. The summed E-state index contributed by atoms with van der Waals surface area (Å²) in [5.41, 5.74) is 7.35. The molecule has 0 saturated heterocycles. The number of aliphatic hydroxyl groups excluding tert-OH is 2. The number of hydrogen-bond acceptors (Lipinski definition) is 5. The molecule has 5 nitrogen and oxygen atoms in total. The van der Waals surface area contributed by atoms with Crippen LogP contribution in [0, 0.1) is 0 Å². The first kappa shape index (κ1) is 20.9. The molecule has 29 heavy (non-hydrogen) atoms. The maximum Gasteiger partial charge on any atom is 0.123 e. The second-order valence-electron chi connectivity index (χ2n) is 6.87. The van der Waals surface area contributed by atoms with E-state index in [1.54, 1.807) is 14.2 Å². The van der Waals surface area contributed by atoms with Crippen LogP contribution in [0.25, 0.3) is 0 Å². The van der Waals surface area contributed by atoms with E-state index in [9.17, 15) is 10.2 Å². The van der Waals surface area contributed by atoms with Gasteiger partial charge in [0, 0.05) is 11.1 Å². The van der Waals surface area contributed by atoms with Crippen molar-refractivity contribution in [2.24, 2.45) is 5.73 Å². The van der Waals surface area contributed by atoms with Crippen LogP contribution in [0.2, 0.25) is 0 Å². The van der Waals surface area contributed by atoms with Gasteiger partial charge in [0.15, 0.2) is 0 Å². The first-order valence-electron chi connectivity index (χ1n) is 9.48. The number of nitrogens with two attached hydrogens (primary N) is 1. The minimum absolute atomic E-state index is 0.375. The molecule has 0 aromatic heterocycles. The molecule has 152 valence electrons. The number of rotatable bonds is 8. The van der Waals surface area contributed by atoms with Crippen molar-refractivity contribution in [2.75, 3.05) is 20.8 Å². The highest BCUT2D eigenvalue weighted by Crippen LogP contribution is 2.49. The van der Waals surface area contributed by atoms with Crippen molar-refractivity contribution in [3.05, 3.63) is 95.6 Å². The average molecular weight is 393 g/mol. The second-order valence-corrected chi connectivity index (χ2v) is 6.87. The van der Waals surface area contributed by atoms with Crippen LogP contribution in [-0.2, 0) is 5.41 Å². The molecule has 5 heteroatoms. The Morgan fingerprint density at radius 3 is 1.69 bits per heavy atom. The van der Waals surface area contributed by atoms with Gasteiger partial charge < -0.3 is 25.4 Å². The summed E-state index contributed by atoms with van der Waals surface area (Å²) in [7, 11) is 3.18. The molecule has 0 saturated carbocycles. The van der Waals surface area contributed by atoms with Crippen molar-refractivity contribution in [3.8, 4) is 11.5 Å². The zero-order valence-corrected chi connectivity index (χ0v) is 16.7. The van der Waals surface area contributed by atoms with Gasteiger partial charge in [-0.2, -0.15) is 0 Å². The second kappa shape index (κ2) is 9.09. The Kier molecular flexibility index (Phi) is 6.54. The molecule has 0 heterocycles. The normalized spacial score (nSPS) is 13.6. The smallest absolute Gasteiger partial charge is 0.123 e. The maximum absolute atomic E-state index is 11.6. The fraction of sp³-hybridized carbons (Fsp3) is 0.250. The Morgan fingerprint density at radius 1 is 0.793 bits per heavy atom. The van der Waals surface area contributed by atoms with Crippen LogP contribution in [0.5, 0.6) is 11.5 Å². The van der Waals surface area contributed by atoms with Gasteiger partial charge >= 0.3 is 0 Å². The molecule has 3 rings (SSSR count). The van der Waals surface area contributed by atoms with E-state index in [2.05, 4.69) is 0 Å². The topological polar surface area (TPSA) is 84.9 Å². The predicted octanol–water partition coefficient (Wildman–Crippen LogP) is 2.72. The van der Waals surface area contributed by atoms with Crippen molar-refractivity contribution in [1.82, 2.24) is 0 Å². The molecule has 0 radical (unpaired) electrons. The van der Waals surface area contributed by atoms with Crippen molar-refractivity contribution in [2.45, 2.75) is 17.6 Å². The molecule has 3 aromatic carbocycles. The van der Waals surface area contributed by atoms with Crippen LogP contribution in [0.4, 0.5) is 0 Å². The Morgan fingerprint density at radius 2 is 1.24 bits per heavy atom. The highest BCUT2D eigenvalue weighted by atomic mass is 16.5. The van der Waals surface area contributed by atoms with Crippen LogP contribution >= 0.6 is 0 Å². The third-order valence-electron chi connectivity index (χ3n) is 5.35. The van der Waals surface area contributed by atoms with Crippen molar-refractivity contribution in [3.63, 3.8) is 0 Å². The number of methoxy groups -OCH3 is 2. The molecule has 2 atom stereocenters. The fourth-order valence-corrected chi connectivity index (χ4v) is 4.01. The summed E-state index contributed by atoms with van der Waals surface area (Å²) in [6.45, 7) is -0.375.